The zero-order chi connectivity index (χ0) is 30.1. The minimum absolute atomic E-state index is 0.580. The summed E-state index contributed by atoms with van der Waals surface area (Å²) in [6.07, 6.45) is 0. The van der Waals surface area contributed by atoms with Gasteiger partial charge in [-0.3, -0.25) is 0 Å². The van der Waals surface area contributed by atoms with Gasteiger partial charge >= 0.3 is 0 Å². The molecule has 7 aromatic carbocycles. The number of hydrogen-bond acceptors (Lipinski definition) is 3. The van der Waals surface area contributed by atoms with Crippen molar-refractivity contribution in [2.75, 3.05) is 0 Å². The van der Waals surface area contributed by atoms with E-state index in [0.717, 1.165) is 55.0 Å². The molecule has 4 heteroatoms. The van der Waals surface area contributed by atoms with Crippen molar-refractivity contribution < 1.29 is 14.0 Å². The summed E-state index contributed by atoms with van der Waals surface area (Å²) < 4.78 is 29.4. The highest BCUT2D eigenvalue weighted by molar-refractivity contribution is 7.86. The highest BCUT2D eigenvalue weighted by atomic mass is 31.2. The van der Waals surface area contributed by atoms with E-state index in [1.54, 1.807) is 0 Å². The molecule has 0 spiro atoms. The summed E-state index contributed by atoms with van der Waals surface area (Å²) in [5, 5.41) is 4.04. The second-order valence-corrected chi connectivity index (χ2v) is 14.3. The maximum absolute atomic E-state index is 16.1. The Kier molecular flexibility index (Phi) is 5.69. The van der Waals surface area contributed by atoms with E-state index in [1.165, 1.54) is 0 Å². The SMILES string of the molecule is Cc1ccc2c(c1)Oc1ccc(-c3cc(-c4ccccc4)cc(-c4ccccc4)c3)c3c1P2(=O)c1c(ccc2ccccc12)O3. The van der Waals surface area contributed by atoms with Crippen molar-refractivity contribution in [1.29, 1.82) is 0 Å². The molecule has 9 rings (SSSR count). The van der Waals surface area contributed by atoms with Gasteiger partial charge in [-0.05, 0) is 99.6 Å². The third kappa shape index (κ3) is 3.94. The lowest BCUT2D eigenvalue weighted by Crippen LogP contribution is -2.35. The summed E-state index contributed by atoms with van der Waals surface area (Å²) in [5.74, 6) is 2.44. The lowest BCUT2D eigenvalue weighted by molar-refractivity contribution is 0.463. The molecule has 0 radical (unpaired) electrons. The highest BCUT2D eigenvalue weighted by Gasteiger charge is 2.48. The molecular weight excluding hydrogens is 571 g/mol. The smallest absolute Gasteiger partial charge is 0.186 e. The van der Waals surface area contributed by atoms with Gasteiger partial charge in [0.1, 0.15) is 28.3 Å². The van der Waals surface area contributed by atoms with Crippen molar-refractivity contribution in [2.45, 2.75) is 6.92 Å². The quantitative estimate of drug-likeness (QED) is 0.190. The second-order valence-electron chi connectivity index (χ2n) is 11.7. The van der Waals surface area contributed by atoms with Crippen LogP contribution >= 0.6 is 7.14 Å². The topological polar surface area (TPSA) is 35.5 Å². The molecule has 1 atom stereocenters. The number of hydrogen-bond donors (Lipinski definition) is 0. The van der Waals surface area contributed by atoms with E-state index in [4.69, 9.17) is 9.47 Å². The van der Waals surface area contributed by atoms with E-state index >= 15 is 4.57 Å². The first-order valence-electron chi connectivity index (χ1n) is 15.1. The van der Waals surface area contributed by atoms with Crippen LogP contribution in [0.3, 0.4) is 0 Å². The monoisotopic (exact) mass is 598 g/mol. The Bertz CT molecular complexity index is 2300. The number of benzene rings is 7. The third-order valence-corrected chi connectivity index (χ3v) is 12.1. The van der Waals surface area contributed by atoms with Crippen molar-refractivity contribution in [1.82, 2.24) is 0 Å². The average molecular weight is 599 g/mol. The molecule has 0 amide bonds. The van der Waals surface area contributed by atoms with E-state index in [9.17, 15) is 0 Å². The fraction of sp³-hybridized carbons (Fsp3) is 0.0244. The van der Waals surface area contributed by atoms with E-state index in [0.29, 0.717) is 33.6 Å². The molecule has 0 saturated heterocycles. The number of ether oxygens (including phenoxy) is 2. The Labute approximate surface area is 261 Å². The van der Waals surface area contributed by atoms with Crippen molar-refractivity contribution in [2.24, 2.45) is 0 Å². The first-order valence-corrected chi connectivity index (χ1v) is 16.8. The Hall–Kier alpha value is -5.37. The van der Waals surface area contributed by atoms with Crippen LogP contribution in [0.4, 0.5) is 0 Å². The minimum atomic E-state index is -3.42. The van der Waals surface area contributed by atoms with Crippen LogP contribution < -0.4 is 25.4 Å². The van der Waals surface area contributed by atoms with Gasteiger partial charge in [-0.1, -0.05) is 97.1 Å². The molecule has 214 valence electrons. The largest absolute Gasteiger partial charge is 0.456 e. The van der Waals surface area contributed by atoms with Gasteiger partial charge in [0, 0.05) is 5.56 Å². The molecule has 2 aliphatic rings. The molecule has 0 fully saturated rings. The number of aryl methyl sites for hydroxylation is 1. The van der Waals surface area contributed by atoms with E-state index in [-0.39, 0.29) is 0 Å². The van der Waals surface area contributed by atoms with Crippen LogP contribution in [0.1, 0.15) is 5.56 Å². The zero-order valence-electron chi connectivity index (χ0n) is 24.5. The summed E-state index contributed by atoms with van der Waals surface area (Å²) in [4.78, 5) is 0. The van der Waals surface area contributed by atoms with Gasteiger partial charge in [0.05, 0.1) is 10.6 Å². The van der Waals surface area contributed by atoms with Crippen molar-refractivity contribution in [3.8, 4) is 56.4 Å². The van der Waals surface area contributed by atoms with Gasteiger partial charge in [0.25, 0.3) is 0 Å². The van der Waals surface area contributed by atoms with Gasteiger partial charge in [0.2, 0.25) is 0 Å². The molecule has 0 saturated carbocycles. The first kappa shape index (κ1) is 26.1. The van der Waals surface area contributed by atoms with E-state index < -0.39 is 7.14 Å². The van der Waals surface area contributed by atoms with Crippen LogP contribution in [0.2, 0.25) is 0 Å². The normalized spacial score (nSPS) is 15.8. The Balaban J connectivity index is 1.35. The van der Waals surface area contributed by atoms with Gasteiger partial charge in [0.15, 0.2) is 7.14 Å². The third-order valence-electron chi connectivity index (χ3n) is 8.93. The second kappa shape index (κ2) is 9.82. The predicted molar refractivity (Wildman–Crippen MR) is 185 cm³/mol. The first-order chi connectivity index (χ1) is 22.1. The Morgan fingerprint density at radius 3 is 1.84 bits per heavy atom. The molecule has 2 heterocycles. The Morgan fingerprint density at radius 2 is 1.11 bits per heavy atom. The fourth-order valence-corrected chi connectivity index (χ4v) is 10.1. The predicted octanol–water partition coefficient (Wildman–Crippen LogP) is 10.0. The zero-order valence-corrected chi connectivity index (χ0v) is 25.4. The minimum Gasteiger partial charge on any atom is -0.456 e. The molecule has 3 nitrogen and oxygen atoms in total. The summed E-state index contributed by atoms with van der Waals surface area (Å²) in [5.41, 5.74) is 7.36. The average Bonchev–Trinajstić information content (AvgIpc) is 3.08. The van der Waals surface area contributed by atoms with Crippen LogP contribution in [0.25, 0.3) is 44.2 Å². The maximum Gasteiger partial charge on any atom is 0.186 e. The van der Waals surface area contributed by atoms with Gasteiger partial charge in [-0.2, -0.15) is 0 Å². The lowest BCUT2D eigenvalue weighted by atomic mass is 9.93. The molecule has 0 N–H and O–H groups in total. The van der Waals surface area contributed by atoms with Crippen LogP contribution in [0, 0.1) is 6.92 Å². The fourth-order valence-electron chi connectivity index (χ4n) is 6.83. The van der Waals surface area contributed by atoms with Gasteiger partial charge < -0.3 is 14.0 Å². The molecule has 7 aromatic rings. The van der Waals surface area contributed by atoms with Crippen LogP contribution in [0.15, 0.2) is 146 Å². The Morgan fingerprint density at radius 1 is 0.489 bits per heavy atom. The molecule has 0 aromatic heterocycles. The van der Waals surface area contributed by atoms with Crippen LogP contribution in [-0.2, 0) is 4.57 Å². The van der Waals surface area contributed by atoms with E-state index in [1.807, 2.05) is 73.7 Å². The van der Waals surface area contributed by atoms with Crippen molar-refractivity contribution in [3.05, 3.63) is 151 Å². The van der Waals surface area contributed by atoms with Crippen molar-refractivity contribution >= 4 is 33.8 Å². The molecule has 2 aliphatic heterocycles. The van der Waals surface area contributed by atoms with E-state index in [2.05, 4.69) is 78.9 Å². The summed E-state index contributed by atoms with van der Waals surface area (Å²) in [6.45, 7) is 2.03. The summed E-state index contributed by atoms with van der Waals surface area (Å²) >= 11 is 0. The van der Waals surface area contributed by atoms with Gasteiger partial charge in [-0.25, -0.2) is 0 Å². The standard InChI is InChI=1S/C41H27O3P/c1-26-16-21-38-37(22-26)43-36-20-18-33(39-41(36)45(38,42)40-34-15-9-8-14-29(34)17-19-35(40)44-39)32-24-30(27-10-4-2-5-11-27)23-31(25-32)28-12-6-3-7-13-28/h2-25H,1H3. The number of fused-ring (bicyclic) bond motifs is 6. The summed E-state index contributed by atoms with van der Waals surface area (Å²) in [7, 11) is -3.42. The summed E-state index contributed by atoms with van der Waals surface area (Å²) in [6, 6.07) is 49.6. The lowest BCUT2D eigenvalue weighted by Gasteiger charge is -2.36. The maximum atomic E-state index is 16.1. The molecular formula is C41H27O3P. The molecule has 0 bridgehead atoms. The molecule has 0 aliphatic carbocycles. The van der Waals surface area contributed by atoms with Crippen LogP contribution in [0.5, 0.6) is 23.0 Å². The van der Waals surface area contributed by atoms with Crippen molar-refractivity contribution in [3.63, 3.8) is 0 Å². The molecule has 45 heavy (non-hydrogen) atoms. The number of rotatable bonds is 3. The molecule has 1 unspecified atom stereocenters. The highest BCUT2D eigenvalue weighted by Crippen LogP contribution is 2.61. The van der Waals surface area contributed by atoms with Crippen LogP contribution in [-0.4, -0.2) is 0 Å². The van der Waals surface area contributed by atoms with Gasteiger partial charge in [-0.15, -0.1) is 0 Å².